The van der Waals surface area contributed by atoms with Crippen molar-refractivity contribution in [3.8, 4) is 11.5 Å². The highest BCUT2D eigenvalue weighted by molar-refractivity contribution is 9.10. The van der Waals surface area contributed by atoms with Gasteiger partial charge in [0.15, 0.2) is 13.2 Å². The van der Waals surface area contributed by atoms with Crippen LogP contribution in [0.25, 0.3) is 0 Å². The molecule has 0 saturated heterocycles. The van der Waals surface area contributed by atoms with E-state index in [-0.39, 0.29) is 18.6 Å². The van der Waals surface area contributed by atoms with Gasteiger partial charge in [-0.15, -0.1) is 0 Å². The maximum Gasteiger partial charge on any atom is 0.276 e. The smallest absolute Gasteiger partial charge is 0.276 e. The quantitative estimate of drug-likeness (QED) is 0.661. The average molecular weight is 449 g/mol. The molecule has 2 aromatic rings. The van der Waals surface area contributed by atoms with Crippen LogP contribution in [0.5, 0.6) is 11.5 Å². The van der Waals surface area contributed by atoms with Crippen LogP contribution in [0.1, 0.15) is 31.9 Å². The topological polar surface area (TPSA) is 76.7 Å². The van der Waals surface area contributed by atoms with E-state index in [0.717, 1.165) is 15.6 Å². The van der Waals surface area contributed by atoms with Gasteiger partial charge in [0.25, 0.3) is 11.8 Å². The van der Waals surface area contributed by atoms with E-state index in [0.29, 0.717) is 11.5 Å². The molecule has 0 fully saturated rings. The minimum Gasteiger partial charge on any atom is -0.484 e. The second kappa shape index (κ2) is 9.59. The Kier molecular flexibility index (Phi) is 7.45. The Bertz CT molecular complexity index is 847. The first-order chi connectivity index (χ1) is 13.1. The van der Waals surface area contributed by atoms with E-state index in [1.807, 2.05) is 43.3 Å². The molecule has 0 saturated carbocycles. The minimum absolute atomic E-state index is 0.142. The Morgan fingerprint density at radius 3 is 2.21 bits per heavy atom. The Balaban J connectivity index is 1.79. The maximum absolute atomic E-state index is 12.0. The molecular formula is C21H25BrN2O4. The van der Waals surface area contributed by atoms with Gasteiger partial charge in [0.05, 0.1) is 0 Å². The van der Waals surface area contributed by atoms with Crippen molar-refractivity contribution in [3.63, 3.8) is 0 Å². The van der Waals surface area contributed by atoms with Gasteiger partial charge < -0.3 is 9.47 Å². The molecule has 7 heteroatoms. The molecule has 2 N–H and O–H groups in total. The van der Waals surface area contributed by atoms with E-state index in [2.05, 4.69) is 47.6 Å². The molecule has 0 aliphatic heterocycles. The zero-order valence-corrected chi connectivity index (χ0v) is 18.1. The van der Waals surface area contributed by atoms with Gasteiger partial charge in [-0.3, -0.25) is 20.4 Å². The number of ether oxygens (including phenoxy) is 2. The summed E-state index contributed by atoms with van der Waals surface area (Å²) in [5.74, 6) is 0.287. The zero-order chi connectivity index (χ0) is 20.7. The van der Waals surface area contributed by atoms with Gasteiger partial charge in [-0.1, -0.05) is 48.8 Å². The van der Waals surface area contributed by atoms with Gasteiger partial charge in [-0.25, -0.2) is 0 Å². The van der Waals surface area contributed by atoms with Gasteiger partial charge in [-0.2, -0.15) is 0 Å². The molecule has 0 atom stereocenters. The minimum atomic E-state index is -0.466. The number of hydrogen-bond donors (Lipinski definition) is 2. The standard InChI is InChI=1S/C21H25BrN2O4/c1-14-6-5-7-16(10-14)27-12-19(25)23-24-20(26)13-28-18-9-8-15(22)11-17(18)21(2,3)4/h5-11H,12-13H2,1-4H3,(H,23,25)(H,24,26). The number of carbonyl (C=O) groups is 2. The molecule has 2 rings (SSSR count). The van der Waals surface area contributed by atoms with Gasteiger partial charge in [0, 0.05) is 10.0 Å². The van der Waals surface area contributed by atoms with E-state index in [4.69, 9.17) is 9.47 Å². The highest BCUT2D eigenvalue weighted by atomic mass is 79.9. The van der Waals surface area contributed by atoms with Gasteiger partial charge in [-0.05, 0) is 48.2 Å². The van der Waals surface area contributed by atoms with E-state index in [9.17, 15) is 9.59 Å². The van der Waals surface area contributed by atoms with Crippen molar-refractivity contribution < 1.29 is 19.1 Å². The fraction of sp³-hybridized carbons (Fsp3) is 0.333. The molecule has 0 aliphatic carbocycles. The van der Waals surface area contributed by atoms with Gasteiger partial charge in [0.1, 0.15) is 11.5 Å². The fourth-order valence-electron chi connectivity index (χ4n) is 2.42. The molecule has 0 radical (unpaired) electrons. The van der Waals surface area contributed by atoms with Crippen molar-refractivity contribution in [3.05, 3.63) is 58.1 Å². The fourth-order valence-corrected chi connectivity index (χ4v) is 2.78. The number of aryl methyl sites for hydroxylation is 1. The summed E-state index contributed by atoms with van der Waals surface area (Å²) in [4.78, 5) is 23.8. The molecule has 0 aliphatic rings. The van der Waals surface area contributed by atoms with Crippen LogP contribution in [0, 0.1) is 6.92 Å². The van der Waals surface area contributed by atoms with Crippen molar-refractivity contribution in [2.45, 2.75) is 33.1 Å². The predicted octanol–water partition coefficient (Wildman–Crippen LogP) is 3.66. The van der Waals surface area contributed by atoms with Crippen LogP contribution in [0.2, 0.25) is 0 Å². The molecule has 6 nitrogen and oxygen atoms in total. The van der Waals surface area contributed by atoms with E-state index in [1.165, 1.54) is 0 Å². The molecule has 28 heavy (non-hydrogen) atoms. The number of hydrogen-bond acceptors (Lipinski definition) is 4. The summed E-state index contributed by atoms with van der Waals surface area (Å²) >= 11 is 3.45. The normalized spacial score (nSPS) is 10.9. The second-order valence-electron chi connectivity index (χ2n) is 7.38. The number of rotatable bonds is 6. The predicted molar refractivity (Wildman–Crippen MR) is 111 cm³/mol. The lowest BCUT2D eigenvalue weighted by atomic mass is 9.86. The largest absolute Gasteiger partial charge is 0.484 e. The van der Waals surface area contributed by atoms with Crippen LogP contribution in [0.4, 0.5) is 0 Å². The average Bonchev–Trinajstić information content (AvgIpc) is 2.63. The summed E-state index contributed by atoms with van der Waals surface area (Å²) < 4.78 is 12.0. The van der Waals surface area contributed by atoms with Crippen LogP contribution >= 0.6 is 15.9 Å². The first-order valence-electron chi connectivity index (χ1n) is 8.85. The third-order valence-corrected chi connectivity index (χ3v) is 4.30. The molecule has 150 valence electrons. The lowest BCUT2D eigenvalue weighted by molar-refractivity contribution is -0.131. The van der Waals surface area contributed by atoms with Crippen molar-refractivity contribution >= 4 is 27.7 Å². The second-order valence-corrected chi connectivity index (χ2v) is 8.30. The summed E-state index contributed by atoms with van der Waals surface area (Å²) in [6.07, 6.45) is 0. The van der Waals surface area contributed by atoms with E-state index >= 15 is 0 Å². The third-order valence-electron chi connectivity index (χ3n) is 3.81. The molecule has 0 spiro atoms. The van der Waals surface area contributed by atoms with Crippen molar-refractivity contribution in [1.82, 2.24) is 10.9 Å². The summed E-state index contributed by atoms with van der Waals surface area (Å²) in [7, 11) is 0. The Labute approximate surface area is 173 Å². The Hall–Kier alpha value is -2.54. The lowest BCUT2D eigenvalue weighted by Crippen LogP contribution is -2.45. The zero-order valence-electron chi connectivity index (χ0n) is 16.5. The van der Waals surface area contributed by atoms with Crippen molar-refractivity contribution in [1.29, 1.82) is 0 Å². The number of amides is 2. The number of hydrazine groups is 1. The van der Waals surface area contributed by atoms with Gasteiger partial charge >= 0.3 is 0 Å². The molecule has 0 aromatic heterocycles. The summed E-state index contributed by atoms with van der Waals surface area (Å²) in [5.41, 5.74) is 6.49. The Morgan fingerprint density at radius 1 is 0.964 bits per heavy atom. The monoisotopic (exact) mass is 448 g/mol. The highest BCUT2D eigenvalue weighted by Crippen LogP contribution is 2.33. The van der Waals surface area contributed by atoms with Crippen LogP contribution in [-0.4, -0.2) is 25.0 Å². The molecule has 0 bridgehead atoms. The van der Waals surface area contributed by atoms with Crippen molar-refractivity contribution in [2.75, 3.05) is 13.2 Å². The molecule has 2 amide bonds. The van der Waals surface area contributed by atoms with Gasteiger partial charge in [0.2, 0.25) is 0 Å². The first-order valence-corrected chi connectivity index (χ1v) is 9.64. The summed E-state index contributed by atoms with van der Waals surface area (Å²) in [5, 5.41) is 0. The molecule has 2 aromatic carbocycles. The van der Waals surface area contributed by atoms with Crippen LogP contribution in [0.3, 0.4) is 0 Å². The summed E-state index contributed by atoms with van der Waals surface area (Å²) in [6, 6.07) is 13.0. The van der Waals surface area contributed by atoms with Crippen molar-refractivity contribution in [2.24, 2.45) is 0 Å². The number of halogens is 1. The lowest BCUT2D eigenvalue weighted by Gasteiger charge is -2.23. The first kappa shape index (κ1) is 21.8. The van der Waals surface area contributed by atoms with Crippen LogP contribution < -0.4 is 20.3 Å². The number of nitrogens with one attached hydrogen (secondary N) is 2. The molecule has 0 unspecified atom stereocenters. The van der Waals surface area contributed by atoms with E-state index < -0.39 is 11.8 Å². The molecular weight excluding hydrogens is 424 g/mol. The third kappa shape index (κ3) is 6.88. The molecule has 0 heterocycles. The van der Waals surface area contributed by atoms with E-state index in [1.54, 1.807) is 6.07 Å². The number of carbonyl (C=O) groups excluding carboxylic acids is 2. The van der Waals surface area contributed by atoms with Crippen LogP contribution in [0.15, 0.2) is 46.9 Å². The highest BCUT2D eigenvalue weighted by Gasteiger charge is 2.20. The number of benzene rings is 2. The SMILES string of the molecule is Cc1cccc(OCC(=O)NNC(=O)COc2ccc(Br)cc2C(C)(C)C)c1. The maximum atomic E-state index is 12.0. The summed E-state index contributed by atoms with van der Waals surface area (Å²) in [6.45, 7) is 7.71. The Morgan fingerprint density at radius 2 is 1.61 bits per heavy atom. The van der Waals surface area contributed by atoms with Crippen LogP contribution in [-0.2, 0) is 15.0 Å².